The zero-order valence-corrected chi connectivity index (χ0v) is 13.2. The maximum atomic E-state index is 12.1. The van der Waals surface area contributed by atoms with Crippen molar-refractivity contribution in [3.8, 4) is 17.2 Å². The number of nitrogens with zero attached hydrogens (tertiary/aromatic N) is 1. The van der Waals surface area contributed by atoms with Crippen LogP contribution in [0.3, 0.4) is 0 Å². The third-order valence-corrected chi connectivity index (χ3v) is 3.03. The van der Waals surface area contributed by atoms with Crippen molar-refractivity contribution >= 4 is 12.1 Å². The lowest BCUT2D eigenvalue weighted by Crippen LogP contribution is -2.17. The van der Waals surface area contributed by atoms with Crippen molar-refractivity contribution in [2.24, 2.45) is 5.10 Å². The lowest BCUT2D eigenvalue weighted by molar-refractivity contribution is 0.0954. The Morgan fingerprint density at radius 1 is 1.29 bits per heavy atom. The number of phenolic OH excluding ortho intramolecular Hbond substituents is 1. The molecule has 6 nitrogen and oxygen atoms in total. The second-order valence-corrected chi connectivity index (χ2v) is 4.76. The summed E-state index contributed by atoms with van der Waals surface area (Å²) < 4.78 is 10.6. The average Bonchev–Trinajstić information content (AvgIpc) is 2.59. The Morgan fingerprint density at radius 2 is 2.12 bits per heavy atom. The zero-order valence-electron chi connectivity index (χ0n) is 13.2. The van der Waals surface area contributed by atoms with Gasteiger partial charge in [-0.25, -0.2) is 5.43 Å². The van der Waals surface area contributed by atoms with Crippen LogP contribution in [0.2, 0.25) is 0 Å². The van der Waals surface area contributed by atoms with Gasteiger partial charge in [-0.15, -0.1) is 0 Å². The lowest BCUT2D eigenvalue weighted by atomic mass is 10.2. The SMILES string of the molecule is C=CCOc1ccc(C(=O)N/N=C/c2cccc(O)c2)cc1OC. The number of methoxy groups -OCH3 is 1. The first-order valence-electron chi connectivity index (χ1n) is 7.18. The summed E-state index contributed by atoms with van der Waals surface area (Å²) in [5.74, 6) is 0.712. The van der Waals surface area contributed by atoms with Gasteiger partial charge in [-0.3, -0.25) is 4.79 Å². The second kappa shape index (κ2) is 8.38. The standard InChI is InChI=1S/C18H18N2O4/c1-3-9-24-16-8-7-14(11-17(16)23-2)18(22)20-19-12-13-5-4-6-15(21)10-13/h3-8,10-12,21H,1,9H2,2H3,(H,20,22)/b19-12+. The highest BCUT2D eigenvalue weighted by molar-refractivity contribution is 5.95. The highest BCUT2D eigenvalue weighted by Crippen LogP contribution is 2.28. The molecular weight excluding hydrogens is 308 g/mol. The third-order valence-electron chi connectivity index (χ3n) is 3.03. The van der Waals surface area contributed by atoms with Gasteiger partial charge < -0.3 is 14.6 Å². The van der Waals surface area contributed by atoms with Gasteiger partial charge >= 0.3 is 0 Å². The molecule has 2 rings (SSSR count). The number of benzene rings is 2. The quantitative estimate of drug-likeness (QED) is 0.466. The fourth-order valence-electron chi connectivity index (χ4n) is 1.91. The third kappa shape index (κ3) is 4.61. The molecule has 24 heavy (non-hydrogen) atoms. The van der Waals surface area contributed by atoms with E-state index < -0.39 is 0 Å². The number of carbonyl (C=O) groups is 1. The van der Waals surface area contributed by atoms with E-state index in [1.165, 1.54) is 19.4 Å². The minimum absolute atomic E-state index is 0.130. The van der Waals surface area contributed by atoms with E-state index in [4.69, 9.17) is 9.47 Å². The Kier molecular flexibility index (Phi) is 5.96. The molecule has 0 aromatic heterocycles. The summed E-state index contributed by atoms with van der Waals surface area (Å²) >= 11 is 0. The summed E-state index contributed by atoms with van der Waals surface area (Å²) in [6.07, 6.45) is 3.06. The van der Waals surface area contributed by atoms with Gasteiger partial charge in [-0.2, -0.15) is 5.10 Å². The molecule has 0 aliphatic heterocycles. The minimum Gasteiger partial charge on any atom is -0.508 e. The van der Waals surface area contributed by atoms with E-state index in [-0.39, 0.29) is 11.7 Å². The van der Waals surface area contributed by atoms with Crippen LogP contribution >= 0.6 is 0 Å². The number of carbonyl (C=O) groups excluding carboxylic acids is 1. The highest BCUT2D eigenvalue weighted by atomic mass is 16.5. The summed E-state index contributed by atoms with van der Waals surface area (Å²) in [7, 11) is 1.50. The maximum Gasteiger partial charge on any atom is 0.271 e. The van der Waals surface area contributed by atoms with Crippen molar-refractivity contribution in [1.29, 1.82) is 0 Å². The molecule has 0 saturated heterocycles. The molecule has 0 heterocycles. The van der Waals surface area contributed by atoms with Crippen LogP contribution in [-0.4, -0.2) is 30.9 Å². The van der Waals surface area contributed by atoms with Gasteiger partial charge in [0.25, 0.3) is 5.91 Å². The van der Waals surface area contributed by atoms with Crippen molar-refractivity contribution in [3.05, 3.63) is 66.2 Å². The number of amides is 1. The number of hydrogen-bond acceptors (Lipinski definition) is 5. The van der Waals surface area contributed by atoms with Crippen LogP contribution in [0.4, 0.5) is 0 Å². The summed E-state index contributed by atoms with van der Waals surface area (Å²) in [6, 6.07) is 11.4. The molecule has 2 aromatic carbocycles. The minimum atomic E-state index is -0.389. The van der Waals surface area contributed by atoms with E-state index in [2.05, 4.69) is 17.1 Å². The van der Waals surface area contributed by atoms with Gasteiger partial charge in [0, 0.05) is 5.56 Å². The van der Waals surface area contributed by atoms with E-state index in [1.54, 1.807) is 42.5 Å². The first kappa shape index (κ1) is 17.1. The van der Waals surface area contributed by atoms with E-state index in [0.29, 0.717) is 29.2 Å². The fraction of sp³-hybridized carbons (Fsp3) is 0.111. The Hall–Kier alpha value is -3.28. The Bertz CT molecular complexity index is 756. The van der Waals surface area contributed by atoms with Crippen molar-refractivity contribution in [2.75, 3.05) is 13.7 Å². The molecular formula is C18H18N2O4. The molecule has 2 N–H and O–H groups in total. The van der Waals surface area contributed by atoms with Gasteiger partial charge in [0.05, 0.1) is 13.3 Å². The van der Waals surface area contributed by atoms with Gasteiger partial charge in [0.15, 0.2) is 11.5 Å². The molecule has 6 heteroatoms. The van der Waals surface area contributed by atoms with Crippen LogP contribution in [0, 0.1) is 0 Å². The summed E-state index contributed by atoms with van der Waals surface area (Å²) in [5, 5.41) is 13.2. The molecule has 0 aliphatic carbocycles. The molecule has 0 saturated carbocycles. The normalized spacial score (nSPS) is 10.4. The highest BCUT2D eigenvalue weighted by Gasteiger charge is 2.10. The van der Waals surface area contributed by atoms with E-state index in [1.807, 2.05) is 0 Å². The molecule has 0 atom stereocenters. The van der Waals surface area contributed by atoms with Gasteiger partial charge in [0.1, 0.15) is 12.4 Å². The van der Waals surface area contributed by atoms with Crippen LogP contribution in [0.15, 0.2) is 60.2 Å². The van der Waals surface area contributed by atoms with E-state index in [0.717, 1.165) is 0 Å². The molecule has 0 aliphatic rings. The summed E-state index contributed by atoms with van der Waals surface area (Å²) in [6.45, 7) is 3.92. The van der Waals surface area contributed by atoms with Gasteiger partial charge in [-0.1, -0.05) is 24.8 Å². The Morgan fingerprint density at radius 3 is 2.83 bits per heavy atom. The number of aromatic hydroxyl groups is 1. The first-order chi connectivity index (χ1) is 11.6. The average molecular weight is 326 g/mol. The Labute approximate surface area is 140 Å². The second-order valence-electron chi connectivity index (χ2n) is 4.76. The predicted octanol–water partition coefficient (Wildman–Crippen LogP) is 2.73. The van der Waals surface area contributed by atoms with Crippen LogP contribution in [-0.2, 0) is 0 Å². The van der Waals surface area contributed by atoms with Crippen LogP contribution in [0.1, 0.15) is 15.9 Å². The number of nitrogens with one attached hydrogen (secondary N) is 1. The summed E-state index contributed by atoms with van der Waals surface area (Å²) in [5.41, 5.74) is 3.47. The van der Waals surface area contributed by atoms with Gasteiger partial charge in [-0.05, 0) is 35.9 Å². The molecule has 1 amide bonds. The van der Waals surface area contributed by atoms with Crippen molar-refractivity contribution < 1.29 is 19.4 Å². The zero-order chi connectivity index (χ0) is 17.4. The molecule has 0 radical (unpaired) electrons. The number of hydrazone groups is 1. The summed E-state index contributed by atoms with van der Waals surface area (Å²) in [4.78, 5) is 12.1. The van der Waals surface area contributed by atoms with Crippen LogP contribution < -0.4 is 14.9 Å². The Balaban J connectivity index is 2.05. The van der Waals surface area contributed by atoms with Crippen LogP contribution in [0.5, 0.6) is 17.2 Å². The van der Waals surface area contributed by atoms with Crippen molar-refractivity contribution in [2.45, 2.75) is 0 Å². The fourth-order valence-corrected chi connectivity index (χ4v) is 1.91. The topological polar surface area (TPSA) is 80.2 Å². The molecule has 124 valence electrons. The molecule has 0 spiro atoms. The maximum absolute atomic E-state index is 12.1. The van der Waals surface area contributed by atoms with E-state index >= 15 is 0 Å². The monoisotopic (exact) mass is 326 g/mol. The van der Waals surface area contributed by atoms with Crippen molar-refractivity contribution in [1.82, 2.24) is 5.43 Å². The molecule has 0 fully saturated rings. The number of ether oxygens (including phenoxy) is 2. The molecule has 0 unspecified atom stereocenters. The predicted molar refractivity (Wildman–Crippen MR) is 91.9 cm³/mol. The lowest BCUT2D eigenvalue weighted by Gasteiger charge is -2.10. The molecule has 0 bridgehead atoms. The molecule has 2 aromatic rings. The van der Waals surface area contributed by atoms with E-state index in [9.17, 15) is 9.90 Å². The van der Waals surface area contributed by atoms with Gasteiger partial charge in [0.2, 0.25) is 0 Å². The first-order valence-corrected chi connectivity index (χ1v) is 7.18. The van der Waals surface area contributed by atoms with Crippen LogP contribution in [0.25, 0.3) is 0 Å². The number of phenols is 1. The van der Waals surface area contributed by atoms with Crippen molar-refractivity contribution in [3.63, 3.8) is 0 Å². The number of rotatable bonds is 7. The largest absolute Gasteiger partial charge is 0.508 e. The number of hydrogen-bond donors (Lipinski definition) is 2. The smallest absolute Gasteiger partial charge is 0.271 e.